The minimum absolute atomic E-state index is 0.0273. The molecule has 9 N–H and O–H groups in total. The fourth-order valence-corrected chi connectivity index (χ4v) is 6.50. The van der Waals surface area contributed by atoms with Crippen molar-refractivity contribution in [3.63, 3.8) is 0 Å². The second-order valence-electron chi connectivity index (χ2n) is 14.4. The number of ether oxygens (including phenoxy) is 2. The average Bonchev–Trinajstić information content (AvgIpc) is 2.81. The van der Waals surface area contributed by atoms with Gasteiger partial charge in [0, 0.05) is 65.0 Å². The lowest BCUT2D eigenvalue weighted by Crippen LogP contribution is -3.25. The summed E-state index contributed by atoms with van der Waals surface area (Å²) in [4.78, 5) is 0. The van der Waals surface area contributed by atoms with Gasteiger partial charge >= 0.3 is 0 Å². The molecule has 0 saturated carbocycles. The Bertz CT molecular complexity index is 629. The fraction of sp³-hybridized carbons (Fsp3) is 1.00. The second-order valence-corrected chi connectivity index (χ2v) is 14.4. The zero-order chi connectivity index (χ0) is 29.5. The number of hydroxylamine groups is 4. The standard InChI is InChI=1S/C28H59N5O6/c1-25(2)13-23(14-26(3,4)32(25)36)38-19-21(34)17-30-11-9-29-10-12-31-18-22(35)20-39-24-15-27(5,6)33(37)28(7,8)16-24/h21-24,29-31,34-37H,9-20H2,1-8H3/p+2. The zero-order valence-electron chi connectivity index (χ0n) is 25.9. The highest BCUT2D eigenvalue weighted by Crippen LogP contribution is 2.26. The minimum Gasteiger partial charge on any atom is -0.389 e. The van der Waals surface area contributed by atoms with Crippen molar-refractivity contribution in [1.82, 2.24) is 16.0 Å². The lowest BCUT2D eigenvalue weighted by molar-refractivity contribution is -1.16. The number of hydrogen-bond donors (Lipinski definition) is 9. The molecule has 0 aromatic rings. The van der Waals surface area contributed by atoms with E-state index in [9.17, 15) is 20.6 Å². The van der Waals surface area contributed by atoms with Gasteiger partial charge in [-0.25, -0.2) is 10.4 Å². The highest BCUT2D eigenvalue weighted by Gasteiger charge is 2.51. The monoisotopic (exact) mass is 563 g/mol. The molecule has 2 unspecified atom stereocenters. The Hall–Kier alpha value is -0.440. The first-order valence-corrected chi connectivity index (χ1v) is 14.8. The van der Waals surface area contributed by atoms with Gasteiger partial charge in [-0.15, -0.1) is 0 Å². The number of quaternary nitrogens is 2. The van der Waals surface area contributed by atoms with Gasteiger partial charge in [-0.1, -0.05) is 0 Å². The van der Waals surface area contributed by atoms with Gasteiger partial charge in [0.1, 0.15) is 22.2 Å². The van der Waals surface area contributed by atoms with E-state index in [1.165, 1.54) is 0 Å². The van der Waals surface area contributed by atoms with Gasteiger partial charge in [-0.3, -0.25) is 0 Å². The molecular formula is C28H61N5O6+2. The van der Waals surface area contributed by atoms with Crippen LogP contribution in [0.4, 0.5) is 0 Å². The largest absolute Gasteiger partial charge is 0.389 e. The van der Waals surface area contributed by atoms with Crippen molar-refractivity contribution in [3.05, 3.63) is 0 Å². The molecule has 39 heavy (non-hydrogen) atoms. The third-order valence-electron chi connectivity index (χ3n) is 8.28. The Balaban J connectivity index is 1.46. The second kappa shape index (κ2) is 14.6. The molecule has 0 radical (unpaired) electrons. The molecule has 2 heterocycles. The van der Waals surface area contributed by atoms with E-state index in [2.05, 4.69) is 16.0 Å². The quantitative estimate of drug-likeness (QED) is 0.103. The maximum absolute atomic E-state index is 10.5. The van der Waals surface area contributed by atoms with Gasteiger partial charge in [-0.2, -0.15) is 10.1 Å². The summed E-state index contributed by atoms with van der Waals surface area (Å²) in [5, 5.41) is 52.5. The van der Waals surface area contributed by atoms with Gasteiger partial charge in [0.15, 0.2) is 0 Å². The van der Waals surface area contributed by atoms with Crippen molar-refractivity contribution in [2.75, 3.05) is 52.5 Å². The SMILES string of the molecule is CC1(C)CC(OCC(O)CNCCNCCNCC(O)COC2CC(C)(C)[NH+](O)C(C)(C)C2)CC(C)(C)[NH+]1O. The van der Waals surface area contributed by atoms with Gasteiger partial charge in [-0.05, 0) is 55.4 Å². The molecule has 0 aliphatic carbocycles. The van der Waals surface area contributed by atoms with Gasteiger partial charge in [0.2, 0.25) is 0 Å². The number of piperidine rings is 2. The minimum atomic E-state index is -0.573. The van der Waals surface area contributed by atoms with Crippen molar-refractivity contribution in [3.8, 4) is 0 Å². The van der Waals surface area contributed by atoms with Crippen LogP contribution in [0.25, 0.3) is 0 Å². The van der Waals surface area contributed by atoms with Crippen LogP contribution < -0.4 is 26.1 Å². The first kappa shape index (κ1) is 34.8. The molecule has 0 aromatic heterocycles. The van der Waals surface area contributed by atoms with Crippen LogP contribution in [0.3, 0.4) is 0 Å². The first-order chi connectivity index (χ1) is 18.0. The number of aliphatic hydroxyl groups is 2. The smallest absolute Gasteiger partial charge is 0.124 e. The molecule has 232 valence electrons. The van der Waals surface area contributed by atoms with E-state index in [1.807, 2.05) is 55.4 Å². The number of nitrogens with one attached hydrogen (secondary N) is 5. The summed E-state index contributed by atoms with van der Waals surface area (Å²) in [6.07, 6.45) is 1.93. The summed E-state index contributed by atoms with van der Waals surface area (Å²) < 4.78 is 12.0. The van der Waals surface area contributed by atoms with Crippen LogP contribution in [-0.4, -0.2) is 120 Å². The van der Waals surface area contributed by atoms with E-state index in [4.69, 9.17) is 9.47 Å². The van der Waals surface area contributed by atoms with Crippen molar-refractivity contribution in [2.24, 2.45) is 0 Å². The van der Waals surface area contributed by atoms with E-state index in [0.717, 1.165) is 51.9 Å². The topological polar surface area (TPSA) is 144 Å². The third kappa shape index (κ3) is 11.1. The normalized spacial score (nSPS) is 31.1. The summed E-state index contributed by atoms with van der Waals surface area (Å²) in [5.41, 5.74) is -1.13. The molecule has 0 amide bonds. The molecule has 11 heteroatoms. The van der Waals surface area contributed by atoms with Gasteiger partial charge in [0.25, 0.3) is 0 Å². The Morgan fingerprint density at radius 2 is 0.872 bits per heavy atom. The van der Waals surface area contributed by atoms with E-state index >= 15 is 0 Å². The summed E-state index contributed by atoms with van der Waals surface area (Å²) in [7, 11) is 0. The van der Waals surface area contributed by atoms with Crippen LogP contribution in [0.1, 0.15) is 81.1 Å². The van der Waals surface area contributed by atoms with Crippen LogP contribution in [0.15, 0.2) is 0 Å². The van der Waals surface area contributed by atoms with Crippen LogP contribution in [0, 0.1) is 0 Å². The molecule has 2 fully saturated rings. The lowest BCUT2D eigenvalue weighted by atomic mass is 9.80. The molecule has 11 nitrogen and oxygen atoms in total. The van der Waals surface area contributed by atoms with Crippen molar-refractivity contribution in [1.29, 1.82) is 0 Å². The van der Waals surface area contributed by atoms with E-state index in [-0.39, 0.29) is 47.6 Å². The molecule has 2 aliphatic heterocycles. The predicted octanol–water partition coefficient (Wildman–Crippen LogP) is -1.50. The molecule has 2 aliphatic rings. The lowest BCUT2D eigenvalue weighted by Gasteiger charge is -2.47. The van der Waals surface area contributed by atoms with Crippen molar-refractivity contribution < 1.29 is 40.2 Å². The summed E-state index contributed by atoms with van der Waals surface area (Å²) in [5.74, 6) is 0. The summed E-state index contributed by atoms with van der Waals surface area (Å²) in [6.45, 7) is 20.9. The van der Waals surface area contributed by atoms with Crippen molar-refractivity contribution in [2.45, 2.75) is 128 Å². The van der Waals surface area contributed by atoms with Crippen LogP contribution >= 0.6 is 0 Å². The Morgan fingerprint density at radius 3 is 1.18 bits per heavy atom. The summed E-state index contributed by atoms with van der Waals surface area (Å²) >= 11 is 0. The van der Waals surface area contributed by atoms with E-state index in [0.29, 0.717) is 23.2 Å². The van der Waals surface area contributed by atoms with E-state index in [1.54, 1.807) is 0 Å². The van der Waals surface area contributed by atoms with Crippen molar-refractivity contribution >= 4 is 0 Å². The highest BCUT2D eigenvalue weighted by molar-refractivity contribution is 4.86. The Kier molecular flexibility index (Phi) is 13.0. The van der Waals surface area contributed by atoms with Crippen LogP contribution in [0.5, 0.6) is 0 Å². The highest BCUT2D eigenvalue weighted by atomic mass is 16.5. The molecule has 0 bridgehead atoms. The Labute approximate surface area is 236 Å². The number of hydrogen-bond acceptors (Lipinski definition) is 9. The molecule has 2 saturated heterocycles. The predicted molar refractivity (Wildman–Crippen MR) is 150 cm³/mol. The first-order valence-electron chi connectivity index (χ1n) is 14.8. The summed E-state index contributed by atoms with van der Waals surface area (Å²) in [6, 6.07) is 0. The van der Waals surface area contributed by atoms with Gasteiger partial charge in [0.05, 0.1) is 37.6 Å². The van der Waals surface area contributed by atoms with Gasteiger partial charge < -0.3 is 35.6 Å². The molecule has 2 rings (SSSR count). The molecule has 2 atom stereocenters. The fourth-order valence-electron chi connectivity index (χ4n) is 6.50. The molecule has 0 spiro atoms. The van der Waals surface area contributed by atoms with E-state index < -0.39 is 12.2 Å². The molecular weight excluding hydrogens is 502 g/mol. The third-order valence-corrected chi connectivity index (χ3v) is 8.28. The number of aliphatic hydroxyl groups excluding tert-OH is 2. The average molecular weight is 564 g/mol. The van der Waals surface area contributed by atoms with Crippen LogP contribution in [0.2, 0.25) is 0 Å². The Morgan fingerprint density at radius 1 is 0.590 bits per heavy atom. The molecule has 0 aromatic carbocycles. The maximum Gasteiger partial charge on any atom is 0.124 e. The zero-order valence-corrected chi connectivity index (χ0v) is 25.9. The maximum atomic E-state index is 10.5. The van der Waals surface area contributed by atoms with Crippen LogP contribution in [-0.2, 0) is 9.47 Å². The number of rotatable bonds is 16.